The quantitative estimate of drug-likeness (QED) is 0.407. The average Bonchev–Trinajstić information content (AvgIpc) is 2.91. The van der Waals surface area contributed by atoms with Crippen molar-refractivity contribution in [1.29, 1.82) is 0 Å². The Balaban J connectivity index is 0. The SMILES string of the molecule is CC.CC(=O)CCOCCOCCNC(=O)CCN1C(=O)C=CC1=O.[HH]. The molecule has 0 radical (unpaired) electrons. The molecule has 3 amide bonds. The molecule has 0 aromatic rings. The van der Waals surface area contributed by atoms with Gasteiger partial charge in [-0.25, -0.2) is 0 Å². The van der Waals surface area contributed by atoms with E-state index in [0.717, 1.165) is 4.90 Å². The minimum atomic E-state index is -0.393. The lowest BCUT2D eigenvalue weighted by molar-refractivity contribution is -0.137. The Labute approximate surface area is 150 Å². The van der Waals surface area contributed by atoms with Gasteiger partial charge >= 0.3 is 0 Å². The van der Waals surface area contributed by atoms with Crippen LogP contribution in [0, 0.1) is 0 Å². The van der Waals surface area contributed by atoms with Crippen molar-refractivity contribution in [2.75, 3.05) is 39.5 Å². The second kappa shape index (κ2) is 14.3. The molecule has 1 heterocycles. The van der Waals surface area contributed by atoms with Crippen molar-refractivity contribution in [2.45, 2.75) is 33.6 Å². The third kappa shape index (κ3) is 11.2. The lowest BCUT2D eigenvalue weighted by atomic mass is 10.3. The number of amides is 3. The van der Waals surface area contributed by atoms with Crippen molar-refractivity contribution >= 4 is 23.5 Å². The van der Waals surface area contributed by atoms with Crippen molar-refractivity contribution in [1.82, 2.24) is 10.2 Å². The van der Waals surface area contributed by atoms with Crippen LogP contribution in [0.15, 0.2) is 12.2 Å². The van der Waals surface area contributed by atoms with Gasteiger partial charge in [0.05, 0.1) is 26.4 Å². The van der Waals surface area contributed by atoms with Crippen LogP contribution in [-0.4, -0.2) is 67.9 Å². The van der Waals surface area contributed by atoms with Gasteiger partial charge in [0.25, 0.3) is 11.8 Å². The fourth-order valence-electron chi connectivity index (χ4n) is 1.75. The summed E-state index contributed by atoms with van der Waals surface area (Å²) in [5.74, 6) is -0.952. The molecule has 0 aromatic carbocycles. The molecule has 1 N–H and O–H groups in total. The van der Waals surface area contributed by atoms with Gasteiger partial charge in [-0.2, -0.15) is 0 Å². The van der Waals surface area contributed by atoms with E-state index in [1.54, 1.807) is 0 Å². The van der Waals surface area contributed by atoms with Crippen LogP contribution < -0.4 is 5.32 Å². The molecule has 0 atom stereocenters. The van der Waals surface area contributed by atoms with Crippen molar-refractivity contribution in [3.05, 3.63) is 12.2 Å². The highest BCUT2D eigenvalue weighted by atomic mass is 16.5. The van der Waals surface area contributed by atoms with Crippen molar-refractivity contribution in [2.24, 2.45) is 0 Å². The van der Waals surface area contributed by atoms with E-state index in [0.29, 0.717) is 39.4 Å². The monoisotopic (exact) mass is 358 g/mol. The van der Waals surface area contributed by atoms with Gasteiger partial charge in [-0.15, -0.1) is 0 Å². The zero-order valence-corrected chi connectivity index (χ0v) is 15.2. The number of nitrogens with one attached hydrogen (secondary N) is 1. The molecular formula is C17H30N2O6. The van der Waals surface area contributed by atoms with E-state index in [2.05, 4.69) is 5.32 Å². The number of ether oxygens (including phenoxy) is 2. The van der Waals surface area contributed by atoms with Gasteiger partial charge in [-0.1, -0.05) is 13.8 Å². The summed E-state index contributed by atoms with van der Waals surface area (Å²) in [5, 5.41) is 2.63. The second-order valence-corrected chi connectivity index (χ2v) is 4.94. The smallest absolute Gasteiger partial charge is 0.253 e. The highest BCUT2D eigenvalue weighted by molar-refractivity contribution is 6.13. The topological polar surface area (TPSA) is 102 Å². The van der Waals surface area contributed by atoms with Crippen LogP contribution in [0.4, 0.5) is 0 Å². The molecule has 8 heteroatoms. The molecule has 1 aliphatic heterocycles. The normalized spacial score (nSPS) is 12.8. The van der Waals surface area contributed by atoms with Crippen LogP contribution in [0.2, 0.25) is 0 Å². The number of imide groups is 1. The first-order valence-electron chi connectivity index (χ1n) is 8.46. The van der Waals surface area contributed by atoms with Gasteiger partial charge in [-0.3, -0.25) is 24.1 Å². The van der Waals surface area contributed by atoms with Gasteiger partial charge in [-0.05, 0) is 6.92 Å². The Morgan fingerprint density at radius 2 is 1.56 bits per heavy atom. The minimum absolute atomic E-state index is 0. The van der Waals surface area contributed by atoms with Crippen molar-refractivity contribution in [3.63, 3.8) is 0 Å². The third-order valence-corrected chi connectivity index (χ3v) is 3.00. The molecule has 0 bridgehead atoms. The first-order chi connectivity index (χ1) is 12.0. The maximum Gasteiger partial charge on any atom is 0.253 e. The van der Waals surface area contributed by atoms with Gasteiger partial charge in [0, 0.05) is 39.5 Å². The third-order valence-electron chi connectivity index (χ3n) is 3.00. The lowest BCUT2D eigenvalue weighted by Crippen LogP contribution is -2.35. The molecule has 0 fully saturated rings. The molecule has 1 aliphatic rings. The molecule has 144 valence electrons. The highest BCUT2D eigenvalue weighted by Gasteiger charge is 2.23. The van der Waals surface area contributed by atoms with Crippen LogP contribution in [0.3, 0.4) is 0 Å². The molecule has 0 aliphatic carbocycles. The minimum Gasteiger partial charge on any atom is -0.379 e. The number of hydrogen-bond acceptors (Lipinski definition) is 6. The molecule has 8 nitrogen and oxygen atoms in total. The number of hydrogen-bond donors (Lipinski definition) is 1. The van der Waals surface area contributed by atoms with Gasteiger partial charge in [0.2, 0.25) is 5.91 Å². The first-order valence-corrected chi connectivity index (χ1v) is 8.46. The number of ketones is 1. The molecule has 0 spiro atoms. The Bertz CT molecular complexity index is 464. The fraction of sp³-hybridized carbons (Fsp3) is 0.647. The Morgan fingerprint density at radius 1 is 1.00 bits per heavy atom. The maximum atomic E-state index is 11.6. The number of Topliss-reactive ketones (excluding diaryl/α,β-unsaturated/α-hetero) is 1. The largest absolute Gasteiger partial charge is 0.379 e. The highest BCUT2D eigenvalue weighted by Crippen LogP contribution is 2.03. The summed E-state index contributed by atoms with van der Waals surface area (Å²) in [6.07, 6.45) is 2.83. The number of carbonyl (C=O) groups is 4. The van der Waals surface area contributed by atoms with Gasteiger partial charge < -0.3 is 14.8 Å². The van der Waals surface area contributed by atoms with Crippen LogP contribution in [0.1, 0.15) is 35.0 Å². The van der Waals surface area contributed by atoms with Crippen LogP contribution >= 0.6 is 0 Å². The lowest BCUT2D eigenvalue weighted by Gasteiger charge is -2.13. The molecule has 0 unspecified atom stereocenters. The van der Waals surface area contributed by atoms with Gasteiger partial charge in [0.1, 0.15) is 5.78 Å². The van der Waals surface area contributed by atoms with E-state index in [1.165, 1.54) is 19.1 Å². The fourth-order valence-corrected chi connectivity index (χ4v) is 1.75. The summed E-state index contributed by atoms with van der Waals surface area (Å²) in [7, 11) is 0. The Kier molecular flexibility index (Phi) is 13.1. The Morgan fingerprint density at radius 3 is 2.12 bits per heavy atom. The van der Waals surface area contributed by atoms with Crippen molar-refractivity contribution in [3.8, 4) is 0 Å². The standard InChI is InChI=1S/C15H22N2O6.C2H6.H2/c1-12(18)5-8-22-10-11-23-9-6-16-13(19)4-7-17-14(20)2-3-15(17)21;1-2;/h2-3H,4-11H2,1H3,(H,16,19);1-2H3;1H. The summed E-state index contributed by atoms with van der Waals surface area (Å²) in [5.41, 5.74) is 0. The molecular weight excluding hydrogens is 328 g/mol. The average molecular weight is 358 g/mol. The van der Waals surface area contributed by atoms with Crippen LogP contribution in [0.25, 0.3) is 0 Å². The summed E-state index contributed by atoms with van der Waals surface area (Å²) < 4.78 is 10.4. The predicted octanol–water partition coefficient (Wildman–Crippen LogP) is 0.702. The predicted molar refractivity (Wildman–Crippen MR) is 93.9 cm³/mol. The second-order valence-electron chi connectivity index (χ2n) is 4.94. The number of rotatable bonds is 12. The van der Waals surface area contributed by atoms with E-state index >= 15 is 0 Å². The molecule has 0 aromatic heterocycles. The summed E-state index contributed by atoms with van der Waals surface area (Å²) in [6, 6.07) is 0. The summed E-state index contributed by atoms with van der Waals surface area (Å²) >= 11 is 0. The van der Waals surface area contributed by atoms with E-state index in [1.807, 2.05) is 13.8 Å². The van der Waals surface area contributed by atoms with E-state index in [9.17, 15) is 19.2 Å². The molecule has 0 saturated carbocycles. The van der Waals surface area contributed by atoms with Crippen LogP contribution in [0.5, 0.6) is 0 Å². The Hall–Kier alpha value is -2.06. The summed E-state index contributed by atoms with van der Waals surface area (Å²) in [6.45, 7) is 7.43. The van der Waals surface area contributed by atoms with E-state index in [-0.39, 0.29) is 26.1 Å². The van der Waals surface area contributed by atoms with E-state index in [4.69, 9.17) is 9.47 Å². The molecule has 1 rings (SSSR count). The van der Waals surface area contributed by atoms with Crippen LogP contribution in [-0.2, 0) is 28.7 Å². The van der Waals surface area contributed by atoms with Gasteiger partial charge in [0.15, 0.2) is 0 Å². The zero-order valence-electron chi connectivity index (χ0n) is 15.2. The zero-order chi connectivity index (χ0) is 19.1. The first kappa shape index (κ1) is 22.9. The van der Waals surface area contributed by atoms with Crippen molar-refractivity contribution < 1.29 is 30.1 Å². The molecule has 0 saturated heterocycles. The molecule has 25 heavy (non-hydrogen) atoms. The summed E-state index contributed by atoms with van der Waals surface area (Å²) in [4.78, 5) is 45.8. The number of carbonyl (C=O) groups excluding carboxylic acids is 4. The maximum absolute atomic E-state index is 11.6. The van der Waals surface area contributed by atoms with E-state index < -0.39 is 11.8 Å². The number of nitrogens with zero attached hydrogens (tertiary/aromatic N) is 1.